The fourth-order valence-electron chi connectivity index (χ4n) is 4.93. The maximum Gasteiger partial charge on any atom is 0.229 e. The Morgan fingerprint density at radius 2 is 1.36 bits per heavy atom. The van der Waals surface area contributed by atoms with Crippen molar-refractivity contribution in [2.45, 2.75) is 68.3 Å². The molecule has 0 amide bonds. The SMILES string of the molecule is COc1cc(O)c2c(=O)cc(-c3cc(OC4OC(C)C(O)C(O)C4O)c(O)c(OC4OC(CO)C(O)C(O)C4O)c3)oc2c1. The number of hydrogen-bond donors (Lipinski definition) is 9. The van der Waals surface area contributed by atoms with Crippen LogP contribution in [0.5, 0.6) is 28.7 Å². The summed E-state index contributed by atoms with van der Waals surface area (Å²) in [6, 6.07) is 5.91. The third-order valence-corrected chi connectivity index (χ3v) is 7.49. The van der Waals surface area contributed by atoms with Gasteiger partial charge in [-0.2, -0.15) is 0 Å². The highest BCUT2D eigenvalue weighted by Crippen LogP contribution is 2.44. The summed E-state index contributed by atoms with van der Waals surface area (Å²) in [6.07, 6.45) is -16.0. The van der Waals surface area contributed by atoms with Crippen LogP contribution >= 0.6 is 0 Å². The number of phenols is 2. The van der Waals surface area contributed by atoms with Gasteiger partial charge in [0.05, 0.1) is 19.8 Å². The van der Waals surface area contributed by atoms with E-state index in [9.17, 15) is 50.8 Å². The van der Waals surface area contributed by atoms with E-state index in [1.165, 1.54) is 26.2 Å². The maximum atomic E-state index is 13.0. The second-order valence-corrected chi connectivity index (χ2v) is 10.4. The van der Waals surface area contributed by atoms with E-state index in [0.717, 1.165) is 18.2 Å². The Morgan fingerprint density at radius 1 is 0.773 bits per heavy atom. The highest BCUT2D eigenvalue weighted by atomic mass is 16.7. The molecule has 2 aliphatic heterocycles. The van der Waals surface area contributed by atoms with Gasteiger partial charge in [-0.25, -0.2) is 0 Å². The molecule has 16 heteroatoms. The van der Waals surface area contributed by atoms with E-state index < -0.39 is 96.4 Å². The number of aliphatic hydroxyl groups excluding tert-OH is 7. The first-order chi connectivity index (χ1) is 20.8. The van der Waals surface area contributed by atoms with Gasteiger partial charge in [-0.3, -0.25) is 4.79 Å². The van der Waals surface area contributed by atoms with Gasteiger partial charge in [0.1, 0.15) is 71.0 Å². The predicted octanol–water partition coefficient (Wildman–Crippen LogP) is -1.74. The van der Waals surface area contributed by atoms with Crippen molar-refractivity contribution in [2.75, 3.05) is 13.7 Å². The van der Waals surface area contributed by atoms with Crippen LogP contribution in [-0.2, 0) is 9.47 Å². The van der Waals surface area contributed by atoms with Crippen molar-refractivity contribution in [3.05, 3.63) is 40.6 Å². The fraction of sp³-hybridized carbons (Fsp3) is 0.464. The van der Waals surface area contributed by atoms with Crippen LogP contribution in [0, 0.1) is 0 Å². The number of methoxy groups -OCH3 is 1. The number of phenolic OH excluding ortho intramolecular Hbond substituents is 2. The summed E-state index contributed by atoms with van der Waals surface area (Å²) >= 11 is 0. The zero-order valence-corrected chi connectivity index (χ0v) is 23.3. The summed E-state index contributed by atoms with van der Waals surface area (Å²) in [5.74, 6) is -2.09. The second-order valence-electron chi connectivity index (χ2n) is 10.4. The molecule has 16 nitrogen and oxygen atoms in total. The minimum absolute atomic E-state index is 0.00219. The highest BCUT2D eigenvalue weighted by Gasteiger charge is 2.46. The number of rotatable bonds is 7. The summed E-state index contributed by atoms with van der Waals surface area (Å²) in [7, 11) is 1.34. The topological polar surface area (TPSA) is 258 Å². The van der Waals surface area contributed by atoms with E-state index in [2.05, 4.69) is 0 Å². The van der Waals surface area contributed by atoms with Crippen LogP contribution < -0.4 is 19.6 Å². The van der Waals surface area contributed by atoms with Crippen molar-refractivity contribution >= 4 is 11.0 Å². The predicted molar refractivity (Wildman–Crippen MR) is 145 cm³/mol. The van der Waals surface area contributed by atoms with Crippen molar-refractivity contribution in [3.63, 3.8) is 0 Å². The second kappa shape index (κ2) is 12.4. The first-order valence-corrected chi connectivity index (χ1v) is 13.4. The smallest absolute Gasteiger partial charge is 0.229 e. The molecule has 2 aromatic carbocycles. The van der Waals surface area contributed by atoms with Crippen molar-refractivity contribution in [3.8, 4) is 40.1 Å². The molecular formula is C28H32O16. The average molecular weight is 625 g/mol. The molecule has 1 aromatic heterocycles. The molecule has 0 spiro atoms. The highest BCUT2D eigenvalue weighted by molar-refractivity contribution is 5.86. The van der Waals surface area contributed by atoms with Crippen LogP contribution in [0.2, 0.25) is 0 Å². The van der Waals surface area contributed by atoms with E-state index in [-0.39, 0.29) is 28.0 Å². The quantitative estimate of drug-likeness (QED) is 0.141. The molecule has 3 heterocycles. The number of ether oxygens (including phenoxy) is 5. The summed E-state index contributed by atoms with van der Waals surface area (Å²) < 4.78 is 33.1. The maximum absolute atomic E-state index is 13.0. The Morgan fingerprint density at radius 3 is 1.95 bits per heavy atom. The Balaban J connectivity index is 1.61. The third-order valence-electron chi connectivity index (χ3n) is 7.49. The van der Waals surface area contributed by atoms with Gasteiger partial charge >= 0.3 is 0 Å². The number of benzene rings is 2. The summed E-state index contributed by atoms with van der Waals surface area (Å²) in [5.41, 5.74) is -0.740. The van der Waals surface area contributed by atoms with E-state index >= 15 is 0 Å². The van der Waals surface area contributed by atoms with Gasteiger partial charge in [-0.1, -0.05) is 0 Å². The normalized spacial score (nSPS) is 32.4. The van der Waals surface area contributed by atoms with Crippen LogP contribution in [0.15, 0.2) is 39.5 Å². The standard InChI is InChI=1S/C28H32O16/c1-9-20(32)23(35)25(37)27(40-9)42-16-3-10(14-7-13(31)19-12(30)5-11(39-2)6-15(19)41-14)4-17(21(16)33)43-28-26(38)24(36)22(34)18(8-29)44-28/h3-7,9,18,20,22-30,32-38H,8H2,1-2H3. The summed E-state index contributed by atoms with van der Waals surface area (Å²) in [5, 5.41) is 92.3. The largest absolute Gasteiger partial charge is 0.507 e. The molecule has 10 atom stereocenters. The lowest BCUT2D eigenvalue weighted by Gasteiger charge is -2.40. The molecule has 5 rings (SSSR count). The molecule has 3 aromatic rings. The van der Waals surface area contributed by atoms with E-state index in [1.54, 1.807) is 0 Å². The zero-order valence-electron chi connectivity index (χ0n) is 23.3. The Labute approximate surface area is 248 Å². The van der Waals surface area contributed by atoms with Gasteiger partial charge in [-0.05, 0) is 19.1 Å². The van der Waals surface area contributed by atoms with Gasteiger partial charge in [0, 0.05) is 23.8 Å². The molecule has 0 radical (unpaired) electrons. The lowest BCUT2D eigenvalue weighted by atomic mass is 9.99. The Kier molecular flexibility index (Phi) is 8.90. The summed E-state index contributed by atoms with van der Waals surface area (Å²) in [6.45, 7) is 0.653. The lowest BCUT2D eigenvalue weighted by molar-refractivity contribution is -0.277. The molecular weight excluding hydrogens is 592 g/mol. The van der Waals surface area contributed by atoms with Gasteiger partial charge in [0.15, 0.2) is 16.9 Å². The van der Waals surface area contributed by atoms with Crippen molar-refractivity contribution in [1.82, 2.24) is 0 Å². The van der Waals surface area contributed by atoms with Gasteiger partial charge in [0.25, 0.3) is 0 Å². The van der Waals surface area contributed by atoms with Crippen molar-refractivity contribution < 1.29 is 74.1 Å². The number of aliphatic hydroxyl groups is 7. The van der Waals surface area contributed by atoms with Gasteiger partial charge < -0.3 is 74.1 Å². The molecule has 240 valence electrons. The molecule has 44 heavy (non-hydrogen) atoms. The number of hydrogen-bond acceptors (Lipinski definition) is 16. The van der Waals surface area contributed by atoms with Gasteiger partial charge in [-0.15, -0.1) is 0 Å². The monoisotopic (exact) mass is 624 g/mol. The van der Waals surface area contributed by atoms with E-state index in [0.29, 0.717) is 0 Å². The van der Waals surface area contributed by atoms with Crippen LogP contribution in [0.1, 0.15) is 6.92 Å². The molecule has 2 saturated heterocycles. The molecule has 0 aliphatic carbocycles. The van der Waals surface area contributed by atoms with Crippen molar-refractivity contribution in [1.29, 1.82) is 0 Å². The van der Waals surface area contributed by atoms with Crippen LogP contribution in [0.3, 0.4) is 0 Å². The lowest BCUT2D eigenvalue weighted by Crippen LogP contribution is -2.60. The zero-order chi connectivity index (χ0) is 32.0. The van der Waals surface area contributed by atoms with Crippen LogP contribution in [0.4, 0.5) is 0 Å². The minimum atomic E-state index is -1.87. The molecule has 0 bridgehead atoms. The molecule has 2 fully saturated rings. The van der Waals surface area contributed by atoms with Crippen LogP contribution in [0.25, 0.3) is 22.3 Å². The molecule has 10 unspecified atom stereocenters. The first-order valence-electron chi connectivity index (χ1n) is 13.4. The molecule has 9 N–H and O–H groups in total. The third kappa shape index (κ3) is 5.74. The van der Waals surface area contributed by atoms with Crippen molar-refractivity contribution in [2.24, 2.45) is 0 Å². The number of fused-ring (bicyclic) bond motifs is 1. The average Bonchev–Trinajstić information content (AvgIpc) is 3.00. The Hall–Kier alpha value is -3.71. The minimum Gasteiger partial charge on any atom is -0.507 e. The van der Waals surface area contributed by atoms with E-state index in [4.69, 9.17) is 28.1 Å². The fourth-order valence-corrected chi connectivity index (χ4v) is 4.93. The molecule has 2 aliphatic rings. The van der Waals surface area contributed by atoms with Crippen LogP contribution in [-0.4, -0.2) is 121 Å². The van der Waals surface area contributed by atoms with E-state index in [1.807, 2.05) is 0 Å². The van der Waals surface area contributed by atoms with Gasteiger partial charge in [0.2, 0.25) is 18.3 Å². The molecule has 0 saturated carbocycles. The number of aromatic hydroxyl groups is 2. The Bertz CT molecular complexity index is 1550. The first kappa shape index (κ1) is 31.7. The summed E-state index contributed by atoms with van der Waals surface area (Å²) in [4.78, 5) is 13.0.